The molecule has 0 aliphatic carbocycles. The van der Waals surface area contributed by atoms with E-state index in [-0.39, 0.29) is 0 Å². The molecule has 124 valence electrons. The number of carbonyl (C=O) groups is 1. The first-order valence-electron chi connectivity index (χ1n) is 8.18. The molecule has 3 rings (SSSR count). The van der Waals surface area contributed by atoms with Gasteiger partial charge in [-0.3, -0.25) is 0 Å². The average molecular weight is 316 g/mol. The first-order valence-corrected chi connectivity index (χ1v) is 8.18. The maximum absolute atomic E-state index is 11.5. The second-order valence-electron chi connectivity index (χ2n) is 5.98. The number of hydrogen-bond donors (Lipinski definition) is 3. The van der Waals surface area contributed by atoms with Crippen molar-refractivity contribution in [3.63, 3.8) is 0 Å². The molecule has 0 unspecified atom stereocenters. The number of para-hydroxylation sites is 1. The molecule has 2 aromatic rings. The van der Waals surface area contributed by atoms with Gasteiger partial charge in [0.05, 0.1) is 11.1 Å². The Morgan fingerprint density at radius 1 is 1.26 bits per heavy atom. The van der Waals surface area contributed by atoms with E-state index in [9.17, 15) is 9.90 Å². The zero-order valence-electron chi connectivity index (χ0n) is 13.3. The van der Waals surface area contributed by atoms with Crippen LogP contribution in [0.4, 0.5) is 0 Å². The summed E-state index contributed by atoms with van der Waals surface area (Å²) in [6, 6.07) is 5.51. The van der Waals surface area contributed by atoms with E-state index in [1.54, 1.807) is 6.07 Å². The second-order valence-corrected chi connectivity index (χ2v) is 5.98. The second kappa shape index (κ2) is 7.12. The Labute approximate surface area is 135 Å². The lowest BCUT2D eigenvalue weighted by molar-refractivity contribution is 0.0698. The highest BCUT2D eigenvalue weighted by atomic mass is 16.4. The molecule has 1 aromatic carbocycles. The Morgan fingerprint density at radius 3 is 2.74 bits per heavy atom. The lowest BCUT2D eigenvalue weighted by atomic mass is 10.1. The number of nitrogens with one attached hydrogen (secondary N) is 1. The summed E-state index contributed by atoms with van der Waals surface area (Å²) in [5.74, 6) is -0.888. The van der Waals surface area contributed by atoms with E-state index < -0.39 is 5.97 Å². The number of nitrogens with zero attached hydrogens (tertiary/aromatic N) is 2. The summed E-state index contributed by atoms with van der Waals surface area (Å²) >= 11 is 0. The van der Waals surface area contributed by atoms with Crippen LogP contribution in [0.2, 0.25) is 0 Å². The molecule has 23 heavy (non-hydrogen) atoms. The van der Waals surface area contributed by atoms with Crippen LogP contribution in [0, 0.1) is 0 Å². The number of aromatic carboxylic acids is 1. The summed E-state index contributed by atoms with van der Waals surface area (Å²) in [6.45, 7) is 6.35. The van der Waals surface area contributed by atoms with Gasteiger partial charge in [-0.2, -0.15) is 0 Å². The number of hydrogen-bond acceptors (Lipinski definition) is 4. The number of carboxylic acid groups (broad SMARTS) is 1. The fraction of sp³-hybridized carbons (Fsp3) is 0.471. The van der Waals surface area contributed by atoms with Crippen LogP contribution in [0.3, 0.4) is 0 Å². The summed E-state index contributed by atoms with van der Waals surface area (Å²) < 4.78 is 1.99. The topological polar surface area (TPSA) is 83.5 Å². The number of aromatic nitrogens is 1. The van der Waals surface area contributed by atoms with E-state index in [2.05, 4.69) is 16.4 Å². The van der Waals surface area contributed by atoms with Crippen LogP contribution in [-0.4, -0.2) is 59.8 Å². The maximum atomic E-state index is 11.5. The number of benzene rings is 1. The van der Waals surface area contributed by atoms with Crippen LogP contribution in [0.1, 0.15) is 15.9 Å². The van der Waals surface area contributed by atoms with Crippen molar-refractivity contribution in [1.29, 1.82) is 0 Å². The summed E-state index contributed by atoms with van der Waals surface area (Å²) in [4.78, 5) is 14.0. The third kappa shape index (κ3) is 3.39. The highest BCUT2D eigenvalue weighted by molar-refractivity contribution is 6.03. The molecule has 0 saturated carbocycles. The van der Waals surface area contributed by atoms with Crippen molar-refractivity contribution >= 4 is 16.9 Å². The molecule has 1 aromatic heterocycles. The number of rotatable bonds is 6. The number of fused-ring (bicyclic) bond motifs is 1. The largest absolute Gasteiger partial charge is 0.478 e. The molecule has 0 bridgehead atoms. The molecule has 4 N–H and O–H groups in total. The Hall–Kier alpha value is -1.89. The molecular weight excluding hydrogens is 292 g/mol. The van der Waals surface area contributed by atoms with Gasteiger partial charge in [-0.15, -0.1) is 0 Å². The van der Waals surface area contributed by atoms with Gasteiger partial charge < -0.3 is 25.6 Å². The average Bonchev–Trinajstić information content (AvgIpc) is 2.92. The van der Waals surface area contributed by atoms with Crippen LogP contribution in [0.15, 0.2) is 24.4 Å². The minimum absolute atomic E-state index is 0.351. The molecule has 1 aliphatic rings. The third-order valence-electron chi connectivity index (χ3n) is 4.49. The molecule has 1 saturated heterocycles. The Balaban J connectivity index is 1.90. The predicted octanol–water partition coefficient (Wildman–Crippen LogP) is 0.746. The van der Waals surface area contributed by atoms with Crippen molar-refractivity contribution < 1.29 is 9.90 Å². The van der Waals surface area contributed by atoms with E-state index in [1.807, 2.05) is 16.7 Å². The van der Waals surface area contributed by atoms with E-state index in [1.165, 1.54) is 5.56 Å². The van der Waals surface area contributed by atoms with Gasteiger partial charge in [-0.05, 0) is 18.1 Å². The van der Waals surface area contributed by atoms with Gasteiger partial charge in [0, 0.05) is 57.4 Å². The van der Waals surface area contributed by atoms with Crippen LogP contribution in [0.5, 0.6) is 0 Å². The zero-order chi connectivity index (χ0) is 16.2. The number of nitrogens with two attached hydrogens (primary N) is 1. The first-order chi connectivity index (χ1) is 11.2. The molecule has 0 radical (unpaired) electrons. The highest BCUT2D eigenvalue weighted by Gasteiger charge is 2.17. The molecule has 1 fully saturated rings. The standard InChI is InChI=1S/C17H24N4O2/c18-5-9-21-12-13(4-8-20-10-6-19-7-11-20)14-2-1-3-15(16(14)21)17(22)23/h1-3,12,19H,4-11,18H2,(H,22,23). The first kappa shape index (κ1) is 16.0. The van der Waals surface area contributed by atoms with Crippen molar-refractivity contribution in [2.75, 3.05) is 39.3 Å². The van der Waals surface area contributed by atoms with Gasteiger partial charge in [-0.25, -0.2) is 4.79 Å². The smallest absolute Gasteiger partial charge is 0.337 e. The minimum atomic E-state index is -0.888. The van der Waals surface area contributed by atoms with Gasteiger partial charge >= 0.3 is 5.97 Å². The zero-order valence-corrected chi connectivity index (χ0v) is 13.3. The van der Waals surface area contributed by atoms with Crippen molar-refractivity contribution in [2.45, 2.75) is 13.0 Å². The van der Waals surface area contributed by atoms with E-state index in [0.717, 1.165) is 50.0 Å². The highest BCUT2D eigenvalue weighted by Crippen LogP contribution is 2.25. The van der Waals surface area contributed by atoms with Crippen LogP contribution in [0.25, 0.3) is 10.9 Å². The quantitative estimate of drug-likeness (QED) is 0.732. The Kier molecular flexibility index (Phi) is 4.95. The van der Waals surface area contributed by atoms with E-state index in [0.29, 0.717) is 18.7 Å². The number of piperazine rings is 1. The molecule has 2 heterocycles. The van der Waals surface area contributed by atoms with Gasteiger partial charge in [-0.1, -0.05) is 12.1 Å². The van der Waals surface area contributed by atoms with Crippen molar-refractivity contribution in [2.24, 2.45) is 5.73 Å². The fourth-order valence-corrected chi connectivity index (χ4v) is 3.33. The van der Waals surface area contributed by atoms with Crippen molar-refractivity contribution in [1.82, 2.24) is 14.8 Å². The number of carboxylic acids is 1. The van der Waals surface area contributed by atoms with Crippen LogP contribution >= 0.6 is 0 Å². The lowest BCUT2D eigenvalue weighted by Gasteiger charge is -2.26. The molecular formula is C17H24N4O2. The SMILES string of the molecule is NCCn1cc(CCN2CCNCC2)c2cccc(C(=O)O)c21. The fourth-order valence-electron chi connectivity index (χ4n) is 3.33. The predicted molar refractivity (Wildman–Crippen MR) is 91.0 cm³/mol. The van der Waals surface area contributed by atoms with E-state index in [4.69, 9.17) is 5.73 Å². The van der Waals surface area contributed by atoms with Gasteiger partial charge in [0.15, 0.2) is 0 Å². The summed E-state index contributed by atoms with van der Waals surface area (Å²) in [6.07, 6.45) is 3.00. The van der Waals surface area contributed by atoms with E-state index >= 15 is 0 Å². The Bertz CT molecular complexity index is 689. The minimum Gasteiger partial charge on any atom is -0.478 e. The Morgan fingerprint density at radius 2 is 2.04 bits per heavy atom. The summed E-state index contributed by atoms with van der Waals surface area (Å²) in [7, 11) is 0. The summed E-state index contributed by atoms with van der Waals surface area (Å²) in [5, 5.41) is 13.9. The molecule has 0 atom stereocenters. The van der Waals surface area contributed by atoms with Crippen molar-refractivity contribution in [3.05, 3.63) is 35.5 Å². The van der Waals surface area contributed by atoms with Gasteiger partial charge in [0.2, 0.25) is 0 Å². The normalized spacial score (nSPS) is 16.0. The van der Waals surface area contributed by atoms with Crippen LogP contribution < -0.4 is 11.1 Å². The van der Waals surface area contributed by atoms with Gasteiger partial charge in [0.25, 0.3) is 0 Å². The van der Waals surface area contributed by atoms with Gasteiger partial charge in [0.1, 0.15) is 0 Å². The maximum Gasteiger partial charge on any atom is 0.337 e. The van der Waals surface area contributed by atoms with Crippen molar-refractivity contribution in [3.8, 4) is 0 Å². The van der Waals surface area contributed by atoms with Crippen LogP contribution in [-0.2, 0) is 13.0 Å². The molecule has 0 amide bonds. The monoisotopic (exact) mass is 316 g/mol. The molecule has 6 nitrogen and oxygen atoms in total. The molecule has 0 spiro atoms. The lowest BCUT2D eigenvalue weighted by Crippen LogP contribution is -2.44. The molecule has 1 aliphatic heterocycles. The summed E-state index contributed by atoms with van der Waals surface area (Å²) in [5.41, 5.74) is 8.04. The third-order valence-corrected chi connectivity index (χ3v) is 4.49. The molecule has 6 heteroatoms.